The first-order valence-corrected chi connectivity index (χ1v) is 10.3. The van der Waals surface area contributed by atoms with E-state index in [1.54, 1.807) is 26.8 Å². The molecule has 0 saturated carbocycles. The second kappa shape index (κ2) is 9.53. The Morgan fingerprint density at radius 2 is 1.67 bits per heavy atom. The van der Waals surface area contributed by atoms with E-state index in [1.807, 2.05) is 30.3 Å². The number of ether oxygens (including phenoxy) is 2. The molecule has 6 nitrogen and oxygen atoms in total. The minimum absolute atomic E-state index is 0.0696. The van der Waals surface area contributed by atoms with Gasteiger partial charge in [-0.05, 0) is 36.8 Å². The molecule has 0 bridgehead atoms. The average Bonchev–Trinajstić information content (AvgIpc) is 2.67. The van der Waals surface area contributed by atoms with E-state index in [0.29, 0.717) is 24.4 Å². The Labute approximate surface area is 160 Å². The smallest absolute Gasteiger partial charge is 0.338 e. The Morgan fingerprint density at radius 3 is 2.30 bits per heavy atom. The van der Waals surface area contributed by atoms with Crippen molar-refractivity contribution in [3.05, 3.63) is 59.7 Å². The Bertz CT molecular complexity index is 861. The molecule has 146 valence electrons. The highest BCUT2D eigenvalue weighted by atomic mass is 32.2. The van der Waals surface area contributed by atoms with Crippen LogP contribution < -0.4 is 4.74 Å². The highest BCUT2D eigenvalue weighted by Crippen LogP contribution is 2.20. The number of carbonyl (C=O) groups excluding carboxylic acids is 1. The van der Waals surface area contributed by atoms with Crippen molar-refractivity contribution in [1.82, 2.24) is 4.31 Å². The van der Waals surface area contributed by atoms with Gasteiger partial charge in [0, 0.05) is 13.1 Å². The lowest BCUT2D eigenvalue weighted by molar-refractivity contribution is 0.0449. The van der Waals surface area contributed by atoms with E-state index in [1.165, 1.54) is 16.4 Å². The van der Waals surface area contributed by atoms with Crippen molar-refractivity contribution < 1.29 is 22.7 Å². The number of hydrogen-bond acceptors (Lipinski definition) is 5. The van der Waals surface area contributed by atoms with Crippen LogP contribution in [0.25, 0.3) is 0 Å². The van der Waals surface area contributed by atoms with Crippen molar-refractivity contribution in [2.24, 2.45) is 0 Å². The molecule has 0 fully saturated rings. The number of benzene rings is 2. The number of sulfonamides is 1. The van der Waals surface area contributed by atoms with Gasteiger partial charge in [-0.2, -0.15) is 4.31 Å². The van der Waals surface area contributed by atoms with E-state index >= 15 is 0 Å². The molecule has 0 saturated heterocycles. The van der Waals surface area contributed by atoms with Crippen LogP contribution in [0, 0.1) is 6.92 Å². The van der Waals surface area contributed by atoms with Gasteiger partial charge in [-0.25, -0.2) is 13.2 Å². The van der Waals surface area contributed by atoms with Gasteiger partial charge in [0.2, 0.25) is 10.0 Å². The molecule has 0 atom stereocenters. The summed E-state index contributed by atoms with van der Waals surface area (Å²) in [5.41, 5.74) is 0.894. The lowest BCUT2D eigenvalue weighted by Crippen LogP contribution is -2.30. The number of esters is 1. The van der Waals surface area contributed by atoms with E-state index in [-0.39, 0.29) is 23.7 Å². The second-order valence-electron chi connectivity index (χ2n) is 5.86. The number of nitrogens with zero attached hydrogens (tertiary/aromatic N) is 1. The molecule has 0 aliphatic heterocycles. The number of hydrogen-bond donors (Lipinski definition) is 0. The molecule has 0 aliphatic carbocycles. The van der Waals surface area contributed by atoms with Crippen LogP contribution >= 0.6 is 0 Å². The van der Waals surface area contributed by atoms with Crippen LogP contribution in [0.2, 0.25) is 0 Å². The van der Waals surface area contributed by atoms with Gasteiger partial charge in [-0.15, -0.1) is 0 Å². The van der Waals surface area contributed by atoms with E-state index in [2.05, 4.69) is 0 Å². The van der Waals surface area contributed by atoms with Crippen molar-refractivity contribution in [2.45, 2.75) is 25.7 Å². The fourth-order valence-electron chi connectivity index (χ4n) is 2.58. The molecule has 0 N–H and O–H groups in total. The predicted molar refractivity (Wildman–Crippen MR) is 104 cm³/mol. The third-order valence-corrected chi connectivity index (χ3v) is 6.15. The number of aryl methyl sites for hydroxylation is 1. The van der Waals surface area contributed by atoms with Crippen molar-refractivity contribution in [2.75, 3.05) is 26.3 Å². The Kier molecular flexibility index (Phi) is 7.38. The van der Waals surface area contributed by atoms with E-state index in [4.69, 9.17) is 9.47 Å². The van der Waals surface area contributed by atoms with Gasteiger partial charge in [0.05, 0.1) is 10.5 Å². The monoisotopic (exact) mass is 391 g/mol. The molecule has 0 heterocycles. The number of rotatable bonds is 9. The summed E-state index contributed by atoms with van der Waals surface area (Å²) in [7, 11) is -3.63. The minimum Gasteiger partial charge on any atom is -0.490 e. The largest absolute Gasteiger partial charge is 0.490 e. The van der Waals surface area contributed by atoms with Gasteiger partial charge in [-0.1, -0.05) is 38.1 Å². The lowest BCUT2D eigenvalue weighted by Gasteiger charge is -2.19. The first-order valence-electron chi connectivity index (χ1n) is 8.86. The third-order valence-electron chi connectivity index (χ3n) is 4.10. The van der Waals surface area contributed by atoms with Gasteiger partial charge >= 0.3 is 5.97 Å². The van der Waals surface area contributed by atoms with Crippen LogP contribution in [-0.2, 0) is 14.8 Å². The fourth-order valence-corrected chi connectivity index (χ4v) is 4.07. The summed E-state index contributed by atoms with van der Waals surface area (Å²) in [4.78, 5) is 12.5. The van der Waals surface area contributed by atoms with Crippen LogP contribution in [-0.4, -0.2) is 45.0 Å². The fraction of sp³-hybridized carbons (Fsp3) is 0.350. The summed E-state index contributed by atoms with van der Waals surface area (Å²) < 4.78 is 37.4. The van der Waals surface area contributed by atoms with Crippen molar-refractivity contribution >= 4 is 16.0 Å². The van der Waals surface area contributed by atoms with Gasteiger partial charge < -0.3 is 9.47 Å². The van der Waals surface area contributed by atoms with E-state index in [0.717, 1.165) is 0 Å². The maximum absolute atomic E-state index is 12.7. The lowest BCUT2D eigenvalue weighted by atomic mass is 10.1. The maximum Gasteiger partial charge on any atom is 0.338 e. The summed E-state index contributed by atoms with van der Waals surface area (Å²) in [5.74, 6) is 0.123. The first-order chi connectivity index (χ1) is 12.9. The van der Waals surface area contributed by atoms with Gasteiger partial charge in [0.25, 0.3) is 0 Å². The maximum atomic E-state index is 12.7. The molecule has 0 radical (unpaired) electrons. The molecule has 27 heavy (non-hydrogen) atoms. The van der Waals surface area contributed by atoms with Crippen LogP contribution in [0.1, 0.15) is 29.8 Å². The Hall–Kier alpha value is -2.38. The van der Waals surface area contributed by atoms with Gasteiger partial charge in [0.15, 0.2) is 0 Å². The van der Waals surface area contributed by atoms with E-state index in [9.17, 15) is 13.2 Å². The average molecular weight is 391 g/mol. The van der Waals surface area contributed by atoms with Crippen LogP contribution in [0.15, 0.2) is 53.4 Å². The summed E-state index contributed by atoms with van der Waals surface area (Å²) in [6.45, 7) is 6.30. The summed E-state index contributed by atoms with van der Waals surface area (Å²) in [6.07, 6.45) is 0. The van der Waals surface area contributed by atoms with E-state index < -0.39 is 16.0 Å². The molecular formula is C20H25NO5S. The predicted octanol–water partition coefficient (Wildman–Crippen LogP) is 3.26. The molecule has 2 rings (SSSR count). The summed E-state index contributed by atoms with van der Waals surface area (Å²) in [6, 6.07) is 13.7. The third kappa shape index (κ3) is 5.30. The number of carbonyl (C=O) groups is 1. The van der Waals surface area contributed by atoms with Crippen molar-refractivity contribution in [3.8, 4) is 5.75 Å². The van der Waals surface area contributed by atoms with Crippen LogP contribution in [0.5, 0.6) is 5.75 Å². The Balaban J connectivity index is 2.05. The van der Waals surface area contributed by atoms with Gasteiger partial charge in [0.1, 0.15) is 19.0 Å². The molecule has 2 aromatic rings. The molecular weight excluding hydrogens is 366 g/mol. The zero-order valence-electron chi connectivity index (χ0n) is 15.8. The van der Waals surface area contributed by atoms with Gasteiger partial charge in [-0.3, -0.25) is 0 Å². The molecule has 0 unspecified atom stereocenters. The standard InChI is InChI=1S/C20H25NO5S/c1-4-21(5-2)27(23,24)18-12-11-16(3)19(15-18)20(22)26-14-13-25-17-9-7-6-8-10-17/h6-12,15H,4-5,13-14H2,1-3H3. The Morgan fingerprint density at radius 1 is 1.00 bits per heavy atom. The van der Waals surface area contributed by atoms with Crippen LogP contribution in [0.3, 0.4) is 0 Å². The first kappa shape index (κ1) is 20.9. The minimum atomic E-state index is -3.63. The SMILES string of the molecule is CCN(CC)S(=O)(=O)c1ccc(C)c(C(=O)OCCOc2ccccc2)c1. The normalized spacial score (nSPS) is 11.4. The zero-order valence-corrected chi connectivity index (χ0v) is 16.7. The highest BCUT2D eigenvalue weighted by Gasteiger charge is 2.23. The molecule has 0 amide bonds. The summed E-state index contributed by atoms with van der Waals surface area (Å²) in [5, 5.41) is 0. The molecule has 0 aliphatic rings. The summed E-state index contributed by atoms with van der Waals surface area (Å²) >= 11 is 0. The second-order valence-corrected chi connectivity index (χ2v) is 7.80. The quantitative estimate of drug-likeness (QED) is 0.485. The number of para-hydroxylation sites is 1. The highest BCUT2D eigenvalue weighted by molar-refractivity contribution is 7.89. The molecule has 0 aromatic heterocycles. The molecule has 2 aromatic carbocycles. The van der Waals surface area contributed by atoms with Crippen LogP contribution in [0.4, 0.5) is 0 Å². The molecule has 0 spiro atoms. The topological polar surface area (TPSA) is 72.9 Å². The van der Waals surface area contributed by atoms with Crippen molar-refractivity contribution in [1.29, 1.82) is 0 Å². The van der Waals surface area contributed by atoms with Crippen molar-refractivity contribution in [3.63, 3.8) is 0 Å². The zero-order chi connectivity index (χ0) is 19.9. The molecule has 7 heteroatoms.